The first-order valence-corrected chi connectivity index (χ1v) is 9.40. The molecular weight excluding hydrogens is 324 g/mol. The van der Waals surface area contributed by atoms with Crippen LogP contribution in [0.5, 0.6) is 0 Å². The normalized spacial score (nSPS) is 16.0. The Bertz CT molecular complexity index is 987. The summed E-state index contributed by atoms with van der Waals surface area (Å²) in [6.45, 7) is 3.17. The van der Waals surface area contributed by atoms with Crippen molar-refractivity contribution in [1.82, 2.24) is 19.3 Å². The molecule has 0 aromatic carbocycles. The fourth-order valence-electron chi connectivity index (χ4n) is 3.15. The van der Waals surface area contributed by atoms with Crippen molar-refractivity contribution in [2.24, 2.45) is 0 Å². The quantitative estimate of drug-likeness (QED) is 0.794. The molecule has 24 heavy (non-hydrogen) atoms. The Labute approximate surface area is 140 Å². The van der Waals surface area contributed by atoms with Crippen molar-refractivity contribution in [2.75, 3.05) is 13.1 Å². The van der Waals surface area contributed by atoms with Crippen molar-refractivity contribution in [3.8, 4) is 11.3 Å². The lowest BCUT2D eigenvalue weighted by atomic mass is 10.1. The molecule has 0 aliphatic carbocycles. The first-order valence-electron chi connectivity index (χ1n) is 7.96. The van der Waals surface area contributed by atoms with Gasteiger partial charge in [-0.2, -0.15) is 4.31 Å². The molecular formula is C17H18N4O2S. The zero-order chi connectivity index (χ0) is 16.7. The van der Waals surface area contributed by atoms with E-state index in [0.29, 0.717) is 13.1 Å². The van der Waals surface area contributed by atoms with Gasteiger partial charge in [-0.25, -0.2) is 13.4 Å². The van der Waals surface area contributed by atoms with Gasteiger partial charge in [-0.05, 0) is 44.0 Å². The van der Waals surface area contributed by atoms with Crippen LogP contribution in [-0.4, -0.2) is 40.8 Å². The highest BCUT2D eigenvalue weighted by Gasteiger charge is 2.27. The highest BCUT2D eigenvalue weighted by molar-refractivity contribution is 7.89. The molecule has 124 valence electrons. The van der Waals surface area contributed by atoms with Gasteiger partial charge in [0.05, 0.1) is 5.69 Å². The number of nitrogens with one attached hydrogen (secondary N) is 1. The van der Waals surface area contributed by atoms with Crippen LogP contribution < -0.4 is 0 Å². The molecule has 0 spiro atoms. The van der Waals surface area contributed by atoms with Gasteiger partial charge in [-0.3, -0.25) is 4.98 Å². The van der Waals surface area contributed by atoms with Crippen LogP contribution in [0.2, 0.25) is 0 Å². The number of aromatic nitrogens is 3. The van der Waals surface area contributed by atoms with Gasteiger partial charge in [0, 0.05) is 42.1 Å². The number of pyridine rings is 2. The van der Waals surface area contributed by atoms with E-state index in [1.54, 1.807) is 18.3 Å². The van der Waals surface area contributed by atoms with Crippen molar-refractivity contribution >= 4 is 21.1 Å². The van der Waals surface area contributed by atoms with Gasteiger partial charge in [-0.15, -0.1) is 0 Å². The van der Waals surface area contributed by atoms with E-state index >= 15 is 0 Å². The van der Waals surface area contributed by atoms with Crippen LogP contribution >= 0.6 is 0 Å². The van der Waals surface area contributed by atoms with Crippen LogP contribution in [0.4, 0.5) is 0 Å². The fraction of sp³-hybridized carbons (Fsp3) is 0.294. The van der Waals surface area contributed by atoms with Gasteiger partial charge in [0.25, 0.3) is 0 Å². The summed E-state index contributed by atoms with van der Waals surface area (Å²) in [6.07, 6.45) is 5.03. The summed E-state index contributed by atoms with van der Waals surface area (Å²) >= 11 is 0. The Morgan fingerprint density at radius 2 is 1.92 bits per heavy atom. The van der Waals surface area contributed by atoms with Crippen molar-refractivity contribution in [3.05, 3.63) is 42.4 Å². The molecule has 0 radical (unpaired) electrons. The number of sulfonamides is 1. The third-order valence-electron chi connectivity index (χ3n) is 4.38. The zero-order valence-corrected chi connectivity index (χ0v) is 14.2. The average Bonchev–Trinajstić information content (AvgIpc) is 3.23. The summed E-state index contributed by atoms with van der Waals surface area (Å²) in [5.41, 5.74) is 3.51. The second-order valence-electron chi connectivity index (χ2n) is 6.06. The smallest absolute Gasteiger partial charge is 0.244 e. The maximum atomic E-state index is 12.6. The largest absolute Gasteiger partial charge is 0.344 e. The van der Waals surface area contributed by atoms with Gasteiger partial charge < -0.3 is 4.98 Å². The predicted octanol–water partition coefficient (Wildman–Crippen LogP) is 2.72. The Kier molecular flexibility index (Phi) is 3.62. The van der Waals surface area contributed by atoms with E-state index in [1.807, 2.05) is 19.1 Å². The van der Waals surface area contributed by atoms with Crippen molar-refractivity contribution in [1.29, 1.82) is 0 Å². The second-order valence-corrected chi connectivity index (χ2v) is 8.00. The molecule has 6 nitrogen and oxygen atoms in total. The molecule has 1 aliphatic rings. The third-order valence-corrected chi connectivity index (χ3v) is 6.26. The number of rotatable bonds is 3. The highest BCUT2D eigenvalue weighted by atomic mass is 32.2. The average molecular weight is 342 g/mol. The van der Waals surface area contributed by atoms with Crippen LogP contribution in [0, 0.1) is 6.92 Å². The molecule has 0 bridgehead atoms. The fourth-order valence-corrected chi connectivity index (χ4v) is 4.61. The summed E-state index contributed by atoms with van der Waals surface area (Å²) in [5, 5.41) is 0.984. The predicted molar refractivity (Wildman–Crippen MR) is 92.1 cm³/mol. The van der Waals surface area contributed by atoms with Gasteiger partial charge >= 0.3 is 0 Å². The minimum Gasteiger partial charge on any atom is -0.344 e. The van der Waals surface area contributed by atoms with Gasteiger partial charge in [0.1, 0.15) is 10.5 Å². The number of fused-ring (bicyclic) bond motifs is 1. The number of aromatic amines is 1. The number of H-pyrrole nitrogens is 1. The number of aryl methyl sites for hydroxylation is 1. The van der Waals surface area contributed by atoms with Crippen molar-refractivity contribution in [3.63, 3.8) is 0 Å². The van der Waals surface area contributed by atoms with Crippen LogP contribution in [0.1, 0.15) is 18.5 Å². The topological polar surface area (TPSA) is 79.0 Å². The zero-order valence-electron chi connectivity index (χ0n) is 13.4. The van der Waals surface area contributed by atoms with Crippen LogP contribution in [0.3, 0.4) is 0 Å². The van der Waals surface area contributed by atoms with E-state index in [9.17, 15) is 8.42 Å². The van der Waals surface area contributed by atoms with E-state index in [1.165, 1.54) is 10.5 Å². The molecule has 7 heteroatoms. The maximum Gasteiger partial charge on any atom is 0.244 e. The van der Waals surface area contributed by atoms with Gasteiger partial charge in [0.15, 0.2) is 0 Å². The lowest BCUT2D eigenvalue weighted by molar-refractivity contribution is 0.477. The molecule has 0 amide bonds. The molecule has 0 unspecified atom stereocenters. The molecule has 4 heterocycles. The molecule has 4 rings (SSSR count). The van der Waals surface area contributed by atoms with E-state index in [4.69, 9.17) is 0 Å². The Morgan fingerprint density at radius 1 is 1.12 bits per heavy atom. The molecule has 3 aromatic rings. The summed E-state index contributed by atoms with van der Waals surface area (Å²) < 4.78 is 26.7. The molecule has 0 saturated carbocycles. The lowest BCUT2D eigenvalue weighted by Gasteiger charge is -2.15. The molecule has 1 aliphatic heterocycles. The monoisotopic (exact) mass is 342 g/mol. The number of nitrogens with zero attached hydrogens (tertiary/aromatic N) is 3. The third kappa shape index (κ3) is 2.50. The van der Waals surface area contributed by atoms with Crippen molar-refractivity contribution < 1.29 is 8.42 Å². The first kappa shape index (κ1) is 15.3. The van der Waals surface area contributed by atoms with E-state index in [0.717, 1.165) is 40.8 Å². The minimum absolute atomic E-state index is 0.253. The summed E-state index contributed by atoms with van der Waals surface area (Å²) in [6, 6.07) is 7.32. The molecule has 1 fully saturated rings. The highest BCUT2D eigenvalue weighted by Crippen LogP contribution is 2.28. The van der Waals surface area contributed by atoms with E-state index in [-0.39, 0.29) is 4.90 Å². The number of hydrogen-bond acceptors (Lipinski definition) is 4. The maximum absolute atomic E-state index is 12.6. The van der Waals surface area contributed by atoms with Crippen molar-refractivity contribution in [2.45, 2.75) is 24.7 Å². The van der Waals surface area contributed by atoms with Crippen LogP contribution in [0.25, 0.3) is 22.3 Å². The molecule has 0 atom stereocenters. The Morgan fingerprint density at radius 3 is 2.62 bits per heavy atom. The molecule has 3 aromatic heterocycles. The van der Waals surface area contributed by atoms with E-state index < -0.39 is 10.0 Å². The Balaban J connectivity index is 1.73. The van der Waals surface area contributed by atoms with Crippen LogP contribution in [-0.2, 0) is 10.0 Å². The standard InChI is InChI=1S/C17H18N4O2S/c1-12-10-15-14(6-7-18-17(15)20-12)16-5-4-13(11-19-16)24(22,23)21-8-2-3-9-21/h4-7,10-11H,2-3,8-9H2,1H3,(H,18,20). The molecule has 1 N–H and O–H groups in total. The lowest BCUT2D eigenvalue weighted by Crippen LogP contribution is -2.27. The summed E-state index contributed by atoms with van der Waals surface area (Å²) in [5.74, 6) is 0. The number of hydrogen-bond donors (Lipinski definition) is 1. The Hall–Kier alpha value is -2.25. The summed E-state index contributed by atoms with van der Waals surface area (Å²) in [4.78, 5) is 12.2. The van der Waals surface area contributed by atoms with Gasteiger partial charge in [-0.1, -0.05) is 0 Å². The van der Waals surface area contributed by atoms with Crippen LogP contribution in [0.15, 0.2) is 41.6 Å². The first-order chi connectivity index (χ1) is 11.6. The minimum atomic E-state index is -3.42. The van der Waals surface area contributed by atoms with Gasteiger partial charge in [0.2, 0.25) is 10.0 Å². The van der Waals surface area contributed by atoms with E-state index in [2.05, 4.69) is 15.0 Å². The second kappa shape index (κ2) is 5.68. The molecule has 1 saturated heterocycles. The SMILES string of the molecule is Cc1cc2c(-c3ccc(S(=O)(=O)N4CCCC4)cn3)ccnc2[nH]1. The summed E-state index contributed by atoms with van der Waals surface area (Å²) in [7, 11) is -3.42.